The summed E-state index contributed by atoms with van der Waals surface area (Å²) in [6.07, 6.45) is 0.833. The number of benzene rings is 2. The fourth-order valence-electron chi connectivity index (χ4n) is 3.38. The second-order valence-corrected chi connectivity index (χ2v) is 9.37. The number of hydrogen-bond acceptors (Lipinski definition) is 5. The summed E-state index contributed by atoms with van der Waals surface area (Å²) in [5, 5.41) is 8.66. The maximum atomic E-state index is 11.9. The molecule has 1 aromatic heterocycles. The van der Waals surface area contributed by atoms with Crippen LogP contribution in [0.25, 0.3) is 21.8 Å². The molecule has 7 heteroatoms. The summed E-state index contributed by atoms with van der Waals surface area (Å²) in [6.45, 7) is 5.90. The molecule has 31 heavy (non-hydrogen) atoms. The predicted molar refractivity (Wildman–Crippen MR) is 123 cm³/mol. The Hall–Kier alpha value is -3.19. The minimum atomic E-state index is -0.522. The number of carbonyl (C=O) groups excluding carboxylic acids is 2. The summed E-state index contributed by atoms with van der Waals surface area (Å²) in [4.78, 5) is 28.3. The van der Waals surface area contributed by atoms with Gasteiger partial charge in [-0.05, 0) is 56.5 Å². The zero-order valence-corrected chi connectivity index (χ0v) is 18.6. The van der Waals surface area contributed by atoms with Gasteiger partial charge in [0.15, 0.2) is 0 Å². The normalized spacial score (nSPS) is 13.3. The number of thiazole rings is 1. The molecule has 1 aliphatic rings. The van der Waals surface area contributed by atoms with Crippen molar-refractivity contribution in [3.63, 3.8) is 0 Å². The fourth-order valence-corrected chi connectivity index (χ4v) is 4.21. The summed E-state index contributed by atoms with van der Waals surface area (Å²) in [5.74, 6) is 0.0669. The highest BCUT2D eigenvalue weighted by Crippen LogP contribution is 2.32. The van der Waals surface area contributed by atoms with Crippen LogP contribution in [0.2, 0.25) is 0 Å². The second kappa shape index (κ2) is 8.51. The number of amides is 2. The third-order valence-electron chi connectivity index (χ3n) is 4.81. The molecule has 2 N–H and O–H groups in total. The van der Waals surface area contributed by atoms with E-state index in [1.807, 2.05) is 62.5 Å². The maximum Gasteiger partial charge on any atom is 0.407 e. The van der Waals surface area contributed by atoms with E-state index in [2.05, 4.69) is 16.7 Å². The zero-order chi connectivity index (χ0) is 22.0. The van der Waals surface area contributed by atoms with Crippen LogP contribution in [-0.4, -0.2) is 22.6 Å². The quantitative estimate of drug-likeness (QED) is 0.576. The highest BCUT2D eigenvalue weighted by atomic mass is 32.1. The van der Waals surface area contributed by atoms with Crippen LogP contribution >= 0.6 is 11.3 Å². The Morgan fingerprint density at radius 1 is 1.16 bits per heavy atom. The van der Waals surface area contributed by atoms with E-state index < -0.39 is 11.7 Å². The van der Waals surface area contributed by atoms with Crippen LogP contribution in [0.1, 0.15) is 38.3 Å². The molecule has 0 saturated carbocycles. The smallest absolute Gasteiger partial charge is 0.407 e. The molecule has 160 valence electrons. The lowest BCUT2D eigenvalue weighted by molar-refractivity contribution is -0.116. The number of alkyl carbamates (subject to hydrolysis) is 1. The van der Waals surface area contributed by atoms with Gasteiger partial charge in [-0.2, -0.15) is 0 Å². The van der Waals surface area contributed by atoms with Gasteiger partial charge in [0.1, 0.15) is 10.6 Å². The maximum absolute atomic E-state index is 11.9. The molecular formula is C24H25N3O3S. The minimum absolute atomic E-state index is 0.0669. The molecule has 0 saturated heterocycles. The highest BCUT2D eigenvalue weighted by Gasteiger charge is 2.17. The molecule has 0 bridgehead atoms. The van der Waals surface area contributed by atoms with Crippen molar-refractivity contribution in [3.05, 3.63) is 59.0 Å². The number of anilines is 1. The van der Waals surface area contributed by atoms with Crippen molar-refractivity contribution in [1.82, 2.24) is 10.3 Å². The lowest BCUT2D eigenvalue weighted by atomic mass is 9.99. The van der Waals surface area contributed by atoms with Gasteiger partial charge in [0.2, 0.25) is 5.91 Å². The summed E-state index contributed by atoms with van der Waals surface area (Å²) < 4.78 is 5.29. The molecule has 1 aliphatic heterocycles. The second-order valence-electron chi connectivity index (χ2n) is 8.51. The molecule has 0 fully saturated rings. The first-order chi connectivity index (χ1) is 14.8. The molecule has 4 rings (SSSR count). The van der Waals surface area contributed by atoms with Crippen LogP contribution in [0.3, 0.4) is 0 Å². The van der Waals surface area contributed by atoms with E-state index in [4.69, 9.17) is 9.72 Å². The SMILES string of the molecule is CC(C)(C)OC(=O)NCc1cccc(-c2nc(-c3ccc4c(c3)CCC(=O)N4)cs2)c1. The number of carbonyl (C=O) groups is 2. The van der Waals surface area contributed by atoms with Crippen LogP contribution in [0.15, 0.2) is 47.8 Å². The number of nitrogens with zero attached hydrogens (tertiary/aromatic N) is 1. The first-order valence-corrected chi connectivity index (χ1v) is 11.1. The Kier molecular flexibility index (Phi) is 5.78. The molecule has 0 atom stereocenters. The standard InChI is InChI=1S/C24H25N3O3S/c1-24(2,3)30-23(29)25-13-15-5-4-6-18(11-15)22-27-20(14-31-22)17-7-9-19-16(12-17)8-10-21(28)26-19/h4-7,9,11-12,14H,8,10,13H2,1-3H3,(H,25,29)(H,26,28). The molecule has 2 heterocycles. The van der Waals surface area contributed by atoms with Gasteiger partial charge in [-0.1, -0.05) is 24.3 Å². The Morgan fingerprint density at radius 2 is 2.00 bits per heavy atom. The van der Waals surface area contributed by atoms with Crippen molar-refractivity contribution in [2.75, 3.05) is 5.32 Å². The van der Waals surface area contributed by atoms with E-state index in [0.29, 0.717) is 13.0 Å². The molecule has 2 aromatic carbocycles. The molecule has 6 nitrogen and oxygen atoms in total. The highest BCUT2D eigenvalue weighted by molar-refractivity contribution is 7.13. The number of aryl methyl sites for hydroxylation is 1. The molecule has 0 spiro atoms. The van der Waals surface area contributed by atoms with Gasteiger partial charge >= 0.3 is 6.09 Å². The average Bonchev–Trinajstić information content (AvgIpc) is 3.21. The fraction of sp³-hybridized carbons (Fsp3) is 0.292. The van der Waals surface area contributed by atoms with Crippen molar-refractivity contribution in [2.45, 2.75) is 45.8 Å². The van der Waals surface area contributed by atoms with Crippen molar-refractivity contribution >= 4 is 29.0 Å². The van der Waals surface area contributed by atoms with Crippen LogP contribution in [-0.2, 0) is 22.5 Å². The van der Waals surface area contributed by atoms with Crippen molar-refractivity contribution in [2.24, 2.45) is 0 Å². The van der Waals surface area contributed by atoms with E-state index >= 15 is 0 Å². The summed E-state index contributed by atoms with van der Waals surface area (Å²) >= 11 is 1.58. The van der Waals surface area contributed by atoms with E-state index in [9.17, 15) is 9.59 Å². The predicted octanol–water partition coefficient (Wildman–Crippen LogP) is 5.39. The number of rotatable bonds is 4. The lowest BCUT2D eigenvalue weighted by Crippen LogP contribution is -2.32. The van der Waals surface area contributed by atoms with E-state index in [0.717, 1.165) is 45.1 Å². The first kappa shape index (κ1) is 21.1. The summed E-state index contributed by atoms with van der Waals surface area (Å²) in [6, 6.07) is 14.0. The number of hydrogen-bond donors (Lipinski definition) is 2. The zero-order valence-electron chi connectivity index (χ0n) is 17.8. The van der Waals surface area contributed by atoms with Crippen LogP contribution < -0.4 is 10.6 Å². The molecule has 0 aliphatic carbocycles. The number of fused-ring (bicyclic) bond motifs is 1. The molecule has 3 aromatic rings. The Morgan fingerprint density at radius 3 is 2.81 bits per heavy atom. The Labute approximate surface area is 185 Å². The van der Waals surface area contributed by atoms with Gasteiger partial charge < -0.3 is 15.4 Å². The molecule has 0 radical (unpaired) electrons. The third-order valence-corrected chi connectivity index (χ3v) is 5.70. The number of aromatic nitrogens is 1. The van der Waals surface area contributed by atoms with Gasteiger partial charge in [0.25, 0.3) is 0 Å². The van der Waals surface area contributed by atoms with Crippen LogP contribution in [0.4, 0.5) is 10.5 Å². The summed E-state index contributed by atoms with van der Waals surface area (Å²) in [7, 11) is 0. The van der Waals surface area contributed by atoms with Crippen molar-refractivity contribution in [1.29, 1.82) is 0 Å². The molecular weight excluding hydrogens is 410 g/mol. The van der Waals surface area contributed by atoms with E-state index in [-0.39, 0.29) is 5.91 Å². The summed E-state index contributed by atoms with van der Waals surface area (Å²) in [5.41, 5.74) is 5.44. The van der Waals surface area contributed by atoms with Gasteiger partial charge in [-0.25, -0.2) is 9.78 Å². The van der Waals surface area contributed by atoms with Gasteiger partial charge in [0, 0.05) is 35.2 Å². The monoisotopic (exact) mass is 435 g/mol. The largest absolute Gasteiger partial charge is 0.444 e. The van der Waals surface area contributed by atoms with Gasteiger partial charge in [0.05, 0.1) is 5.69 Å². The number of nitrogens with one attached hydrogen (secondary N) is 2. The van der Waals surface area contributed by atoms with Crippen LogP contribution in [0.5, 0.6) is 0 Å². The number of ether oxygens (including phenoxy) is 1. The molecule has 2 amide bonds. The van der Waals surface area contributed by atoms with Gasteiger partial charge in [-0.15, -0.1) is 11.3 Å². The van der Waals surface area contributed by atoms with E-state index in [1.165, 1.54) is 0 Å². The Balaban J connectivity index is 1.48. The molecule has 0 unspecified atom stereocenters. The minimum Gasteiger partial charge on any atom is -0.444 e. The van der Waals surface area contributed by atoms with E-state index in [1.54, 1.807) is 11.3 Å². The first-order valence-electron chi connectivity index (χ1n) is 10.2. The van der Waals surface area contributed by atoms with Crippen molar-refractivity contribution < 1.29 is 14.3 Å². The van der Waals surface area contributed by atoms with Crippen LogP contribution in [0, 0.1) is 0 Å². The third kappa shape index (κ3) is 5.30. The van der Waals surface area contributed by atoms with Crippen molar-refractivity contribution in [3.8, 4) is 21.8 Å². The topological polar surface area (TPSA) is 80.3 Å². The van der Waals surface area contributed by atoms with Gasteiger partial charge in [-0.3, -0.25) is 4.79 Å². The lowest BCUT2D eigenvalue weighted by Gasteiger charge is -2.19. The Bertz CT molecular complexity index is 1130. The average molecular weight is 436 g/mol.